The molecule has 4 nitrogen and oxygen atoms in total. The minimum absolute atomic E-state index is 0.116. The smallest absolute Gasteiger partial charge is 0.434 e. The third-order valence-electron chi connectivity index (χ3n) is 4.07. The molecule has 2 aromatic rings. The van der Waals surface area contributed by atoms with Crippen LogP contribution in [0.2, 0.25) is 0 Å². The molecule has 1 atom stereocenters. The summed E-state index contributed by atoms with van der Waals surface area (Å²) >= 11 is 0. The fraction of sp³-hybridized carbons (Fsp3) is 0.368. The van der Waals surface area contributed by atoms with Crippen LogP contribution in [0.15, 0.2) is 42.5 Å². The van der Waals surface area contributed by atoms with E-state index in [4.69, 9.17) is 0 Å². The maximum Gasteiger partial charge on any atom is 0.434 e. The van der Waals surface area contributed by atoms with E-state index in [-0.39, 0.29) is 5.56 Å². The standard InChI is InChI=1S/C19H17F6NO3/c1-10(2)14(16(28)29-17(18(20,21)22)19(23,24)25)26-15(27)13-9-5-7-11-6-3-4-8-12(11)13/h3-10,14,17H,1-2H3,(H,26,27)/t14-/m0/s1. The van der Waals surface area contributed by atoms with Gasteiger partial charge in [0.25, 0.3) is 12.0 Å². The number of fused-ring (bicyclic) bond motifs is 1. The molecule has 1 N–H and O–H groups in total. The van der Waals surface area contributed by atoms with Gasteiger partial charge in [0, 0.05) is 5.56 Å². The second kappa shape index (κ2) is 8.30. The molecule has 0 aliphatic rings. The molecule has 0 bridgehead atoms. The molecule has 0 saturated heterocycles. The molecule has 0 fully saturated rings. The summed E-state index contributed by atoms with van der Waals surface area (Å²) in [7, 11) is 0. The summed E-state index contributed by atoms with van der Waals surface area (Å²) in [4.78, 5) is 24.7. The van der Waals surface area contributed by atoms with Gasteiger partial charge in [0.2, 0.25) is 0 Å². The van der Waals surface area contributed by atoms with Crippen LogP contribution in [-0.2, 0) is 9.53 Å². The lowest BCUT2D eigenvalue weighted by atomic mass is 10.0. The first-order chi connectivity index (χ1) is 13.3. The highest BCUT2D eigenvalue weighted by molar-refractivity contribution is 6.08. The number of benzene rings is 2. The second-order valence-electron chi connectivity index (χ2n) is 6.62. The van der Waals surface area contributed by atoms with Gasteiger partial charge in [-0.05, 0) is 22.8 Å². The Bertz CT molecular complexity index is 872. The molecule has 0 unspecified atom stereocenters. The number of hydrogen-bond acceptors (Lipinski definition) is 3. The van der Waals surface area contributed by atoms with Crippen molar-refractivity contribution in [3.8, 4) is 0 Å². The van der Waals surface area contributed by atoms with Crippen molar-refractivity contribution in [1.29, 1.82) is 0 Å². The minimum atomic E-state index is -5.84. The molecule has 1 amide bonds. The number of ether oxygens (including phenoxy) is 1. The van der Waals surface area contributed by atoms with Crippen LogP contribution in [0.1, 0.15) is 24.2 Å². The van der Waals surface area contributed by atoms with Crippen LogP contribution in [0.3, 0.4) is 0 Å². The molecular formula is C19H17F6NO3. The van der Waals surface area contributed by atoms with Crippen molar-refractivity contribution >= 4 is 22.6 Å². The molecule has 2 aromatic carbocycles. The van der Waals surface area contributed by atoms with Crippen molar-refractivity contribution in [2.45, 2.75) is 38.3 Å². The van der Waals surface area contributed by atoms with Gasteiger partial charge >= 0.3 is 18.3 Å². The molecule has 0 aliphatic heterocycles. The molecule has 2 rings (SSSR count). The second-order valence-corrected chi connectivity index (χ2v) is 6.62. The average Bonchev–Trinajstić information content (AvgIpc) is 2.61. The van der Waals surface area contributed by atoms with Crippen molar-refractivity contribution in [2.24, 2.45) is 5.92 Å². The highest BCUT2D eigenvalue weighted by atomic mass is 19.4. The van der Waals surface area contributed by atoms with E-state index in [9.17, 15) is 35.9 Å². The summed E-state index contributed by atoms with van der Waals surface area (Å²) < 4.78 is 79.7. The number of alkyl halides is 6. The molecule has 158 valence electrons. The number of carbonyl (C=O) groups excluding carboxylic acids is 2. The van der Waals surface area contributed by atoms with Gasteiger partial charge < -0.3 is 10.1 Å². The molecular weight excluding hydrogens is 404 g/mol. The summed E-state index contributed by atoms with van der Waals surface area (Å²) in [5.41, 5.74) is 0.116. The summed E-state index contributed by atoms with van der Waals surface area (Å²) in [6, 6.07) is 9.72. The maximum absolute atomic E-state index is 12.7. The highest BCUT2D eigenvalue weighted by Gasteiger charge is 2.60. The molecule has 0 radical (unpaired) electrons. The minimum Gasteiger partial charge on any atom is -0.441 e. The molecule has 0 spiro atoms. The zero-order valence-electron chi connectivity index (χ0n) is 15.3. The number of halogens is 6. The lowest BCUT2D eigenvalue weighted by molar-refractivity contribution is -0.314. The number of rotatable bonds is 5. The summed E-state index contributed by atoms with van der Waals surface area (Å²) in [5.74, 6) is -3.48. The predicted octanol–water partition coefficient (Wildman–Crippen LogP) is 4.63. The van der Waals surface area contributed by atoms with E-state index in [1.807, 2.05) is 0 Å². The van der Waals surface area contributed by atoms with Gasteiger partial charge in [-0.1, -0.05) is 50.2 Å². The Morgan fingerprint density at radius 3 is 2.00 bits per heavy atom. The number of esters is 1. The van der Waals surface area contributed by atoms with Crippen LogP contribution >= 0.6 is 0 Å². The average molecular weight is 421 g/mol. The SMILES string of the molecule is CC(C)[C@H](NC(=O)c1cccc2ccccc12)C(=O)OC(C(F)(F)F)C(F)(F)F. The number of carbonyl (C=O) groups is 2. The van der Waals surface area contributed by atoms with Crippen molar-refractivity contribution in [1.82, 2.24) is 5.32 Å². The Hall–Kier alpha value is -2.78. The normalized spacial score (nSPS) is 13.6. The summed E-state index contributed by atoms with van der Waals surface area (Å²) in [5, 5.41) is 3.38. The lowest BCUT2D eigenvalue weighted by Gasteiger charge is -2.27. The number of nitrogens with one attached hydrogen (secondary N) is 1. The summed E-state index contributed by atoms with van der Waals surface area (Å²) in [6.07, 6.45) is -16.0. The highest BCUT2D eigenvalue weighted by Crippen LogP contribution is 2.36. The summed E-state index contributed by atoms with van der Waals surface area (Å²) in [6.45, 7) is 2.71. The van der Waals surface area contributed by atoms with Crippen LogP contribution in [0.25, 0.3) is 10.8 Å². The van der Waals surface area contributed by atoms with Crippen molar-refractivity contribution < 1.29 is 40.7 Å². The van der Waals surface area contributed by atoms with E-state index in [2.05, 4.69) is 10.1 Å². The van der Waals surface area contributed by atoms with E-state index >= 15 is 0 Å². The fourth-order valence-corrected chi connectivity index (χ4v) is 2.65. The van der Waals surface area contributed by atoms with Crippen molar-refractivity contribution in [2.75, 3.05) is 0 Å². The zero-order chi connectivity index (χ0) is 22.0. The molecule has 0 aliphatic carbocycles. The maximum atomic E-state index is 12.7. The van der Waals surface area contributed by atoms with Crippen LogP contribution in [-0.4, -0.2) is 36.4 Å². The van der Waals surface area contributed by atoms with E-state index in [1.54, 1.807) is 36.4 Å². The number of hydrogen-bond donors (Lipinski definition) is 1. The van der Waals surface area contributed by atoms with Gasteiger partial charge in [0.05, 0.1) is 0 Å². The van der Waals surface area contributed by atoms with Crippen LogP contribution in [0, 0.1) is 5.92 Å². The lowest BCUT2D eigenvalue weighted by Crippen LogP contribution is -2.51. The van der Waals surface area contributed by atoms with E-state index in [0.717, 1.165) is 0 Å². The van der Waals surface area contributed by atoms with E-state index < -0.39 is 42.3 Å². The predicted molar refractivity (Wildman–Crippen MR) is 92.0 cm³/mol. The van der Waals surface area contributed by atoms with Gasteiger partial charge in [-0.2, -0.15) is 26.3 Å². The van der Waals surface area contributed by atoms with Gasteiger partial charge in [0.1, 0.15) is 6.04 Å². The van der Waals surface area contributed by atoms with Gasteiger partial charge in [-0.3, -0.25) is 4.79 Å². The van der Waals surface area contributed by atoms with Gasteiger partial charge in [-0.25, -0.2) is 4.79 Å². The van der Waals surface area contributed by atoms with Crippen molar-refractivity contribution in [3.05, 3.63) is 48.0 Å². The third-order valence-corrected chi connectivity index (χ3v) is 4.07. The molecule has 0 aromatic heterocycles. The van der Waals surface area contributed by atoms with Crippen LogP contribution in [0.4, 0.5) is 26.3 Å². The first kappa shape index (κ1) is 22.5. The Labute approximate surface area is 161 Å². The zero-order valence-corrected chi connectivity index (χ0v) is 15.3. The Morgan fingerprint density at radius 1 is 0.897 bits per heavy atom. The first-order valence-electron chi connectivity index (χ1n) is 8.45. The Balaban J connectivity index is 2.27. The fourth-order valence-electron chi connectivity index (χ4n) is 2.65. The van der Waals surface area contributed by atoms with E-state index in [1.165, 1.54) is 19.9 Å². The number of amides is 1. The monoisotopic (exact) mass is 421 g/mol. The largest absolute Gasteiger partial charge is 0.441 e. The molecule has 29 heavy (non-hydrogen) atoms. The molecule has 10 heteroatoms. The molecule has 0 saturated carbocycles. The van der Waals surface area contributed by atoms with Crippen LogP contribution in [0.5, 0.6) is 0 Å². The molecule has 0 heterocycles. The van der Waals surface area contributed by atoms with E-state index in [0.29, 0.717) is 10.8 Å². The Morgan fingerprint density at radius 2 is 1.45 bits per heavy atom. The first-order valence-corrected chi connectivity index (χ1v) is 8.45. The Kier molecular flexibility index (Phi) is 6.44. The van der Waals surface area contributed by atoms with Gasteiger partial charge in [-0.15, -0.1) is 0 Å². The quantitative estimate of drug-likeness (QED) is 0.566. The topological polar surface area (TPSA) is 55.4 Å². The third kappa shape index (κ3) is 5.39. The van der Waals surface area contributed by atoms with Gasteiger partial charge in [0.15, 0.2) is 0 Å². The van der Waals surface area contributed by atoms with Crippen molar-refractivity contribution in [3.63, 3.8) is 0 Å². The van der Waals surface area contributed by atoms with Crippen LogP contribution < -0.4 is 5.32 Å².